The summed E-state index contributed by atoms with van der Waals surface area (Å²) in [4.78, 5) is 0. The molecule has 0 radical (unpaired) electrons. The largest absolute Gasteiger partial charge is 0.311 e. The van der Waals surface area contributed by atoms with Crippen LogP contribution in [-0.2, 0) is 0 Å². The van der Waals surface area contributed by atoms with Gasteiger partial charge in [-0.2, -0.15) is 5.10 Å². The van der Waals surface area contributed by atoms with Crippen molar-refractivity contribution >= 4 is 6.08 Å². The van der Waals surface area contributed by atoms with Gasteiger partial charge in [-0.25, -0.2) is 4.68 Å². The van der Waals surface area contributed by atoms with Crippen LogP contribution in [-0.4, -0.2) is 22.4 Å². The number of aromatic nitrogens is 2. The third kappa shape index (κ3) is 4.07. The fourth-order valence-electron chi connectivity index (χ4n) is 1.85. The van der Waals surface area contributed by atoms with E-state index in [2.05, 4.69) is 61.5 Å². The average molecular weight is 255 g/mol. The summed E-state index contributed by atoms with van der Waals surface area (Å²) in [6.07, 6.45) is 5.94. The molecule has 0 bridgehead atoms. The van der Waals surface area contributed by atoms with Crippen molar-refractivity contribution in [2.24, 2.45) is 0 Å². The van der Waals surface area contributed by atoms with Crippen molar-refractivity contribution in [2.75, 3.05) is 6.54 Å². The number of nitrogens with zero attached hydrogens (tertiary/aromatic N) is 2. The second-order valence-electron chi connectivity index (χ2n) is 5.07. The minimum atomic E-state index is 0.519. The van der Waals surface area contributed by atoms with E-state index in [0.717, 1.165) is 12.2 Å². The maximum absolute atomic E-state index is 4.22. The Kier molecular flexibility index (Phi) is 4.53. The summed E-state index contributed by atoms with van der Waals surface area (Å²) in [5.41, 5.74) is 3.64. The van der Waals surface area contributed by atoms with Crippen molar-refractivity contribution in [3.8, 4) is 5.69 Å². The van der Waals surface area contributed by atoms with Crippen molar-refractivity contribution in [1.82, 2.24) is 15.1 Å². The van der Waals surface area contributed by atoms with Gasteiger partial charge in [0.15, 0.2) is 0 Å². The maximum atomic E-state index is 4.22. The molecule has 0 aliphatic heterocycles. The molecule has 0 spiro atoms. The molecule has 2 aromatic rings. The summed E-state index contributed by atoms with van der Waals surface area (Å²) in [5.74, 6) is 0. The fraction of sp³-hybridized carbons (Fsp3) is 0.312. The highest BCUT2D eigenvalue weighted by Crippen LogP contribution is 2.11. The Labute approximate surface area is 115 Å². The molecule has 0 saturated heterocycles. The van der Waals surface area contributed by atoms with Gasteiger partial charge in [0, 0.05) is 25.0 Å². The van der Waals surface area contributed by atoms with Crippen molar-refractivity contribution in [3.05, 3.63) is 53.9 Å². The number of hydrogen-bond donors (Lipinski definition) is 1. The number of hydrogen-bond acceptors (Lipinski definition) is 2. The molecular formula is C16H21N3. The van der Waals surface area contributed by atoms with Gasteiger partial charge in [-0.05, 0) is 30.7 Å². The van der Waals surface area contributed by atoms with Crippen LogP contribution in [0, 0.1) is 0 Å². The average Bonchev–Trinajstić information content (AvgIpc) is 2.91. The summed E-state index contributed by atoms with van der Waals surface area (Å²) in [6.45, 7) is 7.40. The molecule has 3 heteroatoms. The highest BCUT2D eigenvalue weighted by molar-refractivity contribution is 5.54. The third-order valence-electron chi connectivity index (χ3n) is 2.86. The Bertz CT molecular complexity index is 522. The molecule has 0 saturated carbocycles. The molecule has 0 fully saturated rings. The van der Waals surface area contributed by atoms with Crippen molar-refractivity contribution < 1.29 is 0 Å². The van der Waals surface area contributed by atoms with Crippen LogP contribution >= 0.6 is 0 Å². The predicted molar refractivity (Wildman–Crippen MR) is 80.4 cm³/mol. The molecule has 1 heterocycles. The lowest BCUT2D eigenvalue weighted by molar-refractivity contribution is 0.623. The molecule has 0 aliphatic rings. The van der Waals surface area contributed by atoms with Crippen LogP contribution in [0.25, 0.3) is 11.8 Å². The molecule has 3 nitrogen and oxygen atoms in total. The van der Waals surface area contributed by atoms with Gasteiger partial charge < -0.3 is 5.32 Å². The van der Waals surface area contributed by atoms with E-state index in [9.17, 15) is 0 Å². The van der Waals surface area contributed by atoms with E-state index in [4.69, 9.17) is 0 Å². The zero-order valence-corrected chi connectivity index (χ0v) is 11.8. The van der Waals surface area contributed by atoms with Gasteiger partial charge in [0.1, 0.15) is 0 Å². The van der Waals surface area contributed by atoms with Gasteiger partial charge in [-0.15, -0.1) is 0 Å². The van der Waals surface area contributed by atoms with Crippen molar-refractivity contribution in [3.63, 3.8) is 0 Å². The second kappa shape index (κ2) is 6.34. The van der Waals surface area contributed by atoms with Crippen molar-refractivity contribution in [1.29, 1.82) is 0 Å². The first-order valence-corrected chi connectivity index (χ1v) is 6.66. The molecule has 0 unspecified atom stereocenters. The first-order chi connectivity index (χ1) is 9.15. The van der Waals surface area contributed by atoms with Crippen LogP contribution in [0.1, 0.15) is 26.3 Å². The fourth-order valence-corrected chi connectivity index (χ4v) is 1.85. The topological polar surface area (TPSA) is 29.9 Å². The van der Waals surface area contributed by atoms with Gasteiger partial charge in [0.05, 0.1) is 5.69 Å². The second-order valence-corrected chi connectivity index (χ2v) is 5.07. The van der Waals surface area contributed by atoms with E-state index in [-0.39, 0.29) is 0 Å². The zero-order chi connectivity index (χ0) is 13.7. The van der Waals surface area contributed by atoms with Crippen molar-refractivity contribution in [2.45, 2.75) is 26.8 Å². The van der Waals surface area contributed by atoms with Crippen LogP contribution in [0.4, 0.5) is 0 Å². The van der Waals surface area contributed by atoms with E-state index < -0.39 is 0 Å². The summed E-state index contributed by atoms with van der Waals surface area (Å²) in [7, 11) is 0. The Hall–Kier alpha value is -1.87. The molecule has 1 N–H and O–H groups in total. The molecule has 0 aliphatic carbocycles. The molecule has 1 aromatic heterocycles. The minimum absolute atomic E-state index is 0.519. The minimum Gasteiger partial charge on any atom is -0.311 e. The molecular weight excluding hydrogens is 234 g/mol. The van der Waals surface area contributed by atoms with Gasteiger partial charge in [0.25, 0.3) is 0 Å². The number of nitrogens with one attached hydrogen (secondary N) is 1. The molecule has 2 rings (SSSR count). The van der Waals surface area contributed by atoms with Gasteiger partial charge in [-0.1, -0.05) is 37.6 Å². The molecule has 0 atom stereocenters. The quantitative estimate of drug-likeness (QED) is 0.888. The summed E-state index contributed by atoms with van der Waals surface area (Å²) in [5, 5.41) is 7.63. The molecule has 19 heavy (non-hydrogen) atoms. The van der Waals surface area contributed by atoms with E-state index in [0.29, 0.717) is 6.04 Å². The standard InChI is InChI=1S/C16H21N3/c1-13(2)17-12-14(3)11-15-5-7-16(8-6-15)19-10-4-9-18-19/h4-11,13,17H,12H2,1-3H3. The van der Waals surface area contributed by atoms with E-state index in [1.165, 1.54) is 11.1 Å². The molecule has 0 amide bonds. The first kappa shape index (κ1) is 13.6. The van der Waals surface area contributed by atoms with Crippen LogP contribution in [0.2, 0.25) is 0 Å². The third-order valence-corrected chi connectivity index (χ3v) is 2.86. The monoisotopic (exact) mass is 255 g/mol. The zero-order valence-electron chi connectivity index (χ0n) is 11.8. The van der Waals surface area contributed by atoms with Crippen LogP contribution in [0.5, 0.6) is 0 Å². The Morgan fingerprint density at radius 3 is 2.63 bits per heavy atom. The van der Waals surface area contributed by atoms with E-state index in [1.54, 1.807) is 6.20 Å². The van der Waals surface area contributed by atoms with Crippen LogP contribution < -0.4 is 5.32 Å². The van der Waals surface area contributed by atoms with E-state index >= 15 is 0 Å². The van der Waals surface area contributed by atoms with Crippen LogP contribution in [0.3, 0.4) is 0 Å². The van der Waals surface area contributed by atoms with Gasteiger partial charge >= 0.3 is 0 Å². The van der Waals surface area contributed by atoms with Crippen LogP contribution in [0.15, 0.2) is 48.3 Å². The SMILES string of the molecule is CC(=Cc1ccc(-n2cccn2)cc1)CNC(C)C. The lowest BCUT2D eigenvalue weighted by Crippen LogP contribution is -2.24. The smallest absolute Gasteiger partial charge is 0.0645 e. The molecule has 100 valence electrons. The van der Waals surface area contributed by atoms with Gasteiger partial charge in [-0.3, -0.25) is 0 Å². The Morgan fingerprint density at radius 1 is 1.32 bits per heavy atom. The Morgan fingerprint density at radius 2 is 2.05 bits per heavy atom. The number of rotatable bonds is 5. The summed E-state index contributed by atoms with van der Waals surface area (Å²) < 4.78 is 1.86. The van der Waals surface area contributed by atoms with E-state index in [1.807, 2.05) is 16.9 Å². The first-order valence-electron chi connectivity index (χ1n) is 6.66. The lowest BCUT2D eigenvalue weighted by Gasteiger charge is -2.08. The lowest BCUT2D eigenvalue weighted by atomic mass is 10.1. The Balaban J connectivity index is 2.04. The highest BCUT2D eigenvalue weighted by atomic mass is 15.3. The highest BCUT2D eigenvalue weighted by Gasteiger charge is 1.97. The number of benzene rings is 1. The normalized spacial score (nSPS) is 12.1. The summed E-state index contributed by atoms with van der Waals surface area (Å²) >= 11 is 0. The maximum Gasteiger partial charge on any atom is 0.0645 e. The van der Waals surface area contributed by atoms with Gasteiger partial charge in [0.2, 0.25) is 0 Å². The molecule has 1 aromatic carbocycles. The predicted octanol–water partition coefficient (Wildman–Crippen LogP) is 3.27. The summed E-state index contributed by atoms with van der Waals surface area (Å²) in [6, 6.07) is 10.9.